The van der Waals surface area contributed by atoms with Gasteiger partial charge >= 0.3 is 0 Å². The summed E-state index contributed by atoms with van der Waals surface area (Å²) in [5, 5.41) is 3.81. The lowest BCUT2D eigenvalue weighted by atomic mass is 10.2. The van der Waals surface area contributed by atoms with Gasteiger partial charge in [-0.15, -0.1) is 0 Å². The first kappa shape index (κ1) is 12.8. The van der Waals surface area contributed by atoms with Crippen LogP contribution in [0.4, 0.5) is 0 Å². The number of aromatic nitrogens is 2. The van der Waals surface area contributed by atoms with Crippen LogP contribution in [0.2, 0.25) is 10.0 Å². The van der Waals surface area contributed by atoms with Gasteiger partial charge < -0.3 is 5.32 Å². The van der Waals surface area contributed by atoms with Crippen LogP contribution in [0.15, 0.2) is 36.9 Å². The molecule has 0 atom stereocenters. The number of hydrogen-bond acceptors (Lipinski definition) is 3. The SMILES string of the molecule is O=C(NCc1cc(Cl)cc(Cl)c1)c1cncnc1. The fraction of sp³-hybridized carbons (Fsp3) is 0.0833. The lowest BCUT2D eigenvalue weighted by molar-refractivity contribution is 0.0950. The fourth-order valence-electron chi connectivity index (χ4n) is 1.41. The molecule has 18 heavy (non-hydrogen) atoms. The van der Waals surface area contributed by atoms with Crippen molar-refractivity contribution in [2.45, 2.75) is 6.54 Å². The van der Waals surface area contributed by atoms with Crippen molar-refractivity contribution in [3.63, 3.8) is 0 Å². The molecule has 0 aliphatic carbocycles. The van der Waals surface area contributed by atoms with E-state index in [2.05, 4.69) is 15.3 Å². The van der Waals surface area contributed by atoms with Crippen LogP contribution in [-0.4, -0.2) is 15.9 Å². The predicted octanol–water partition coefficient (Wildman–Crippen LogP) is 2.71. The van der Waals surface area contributed by atoms with Gasteiger partial charge in [0.25, 0.3) is 5.91 Å². The van der Waals surface area contributed by atoms with E-state index in [9.17, 15) is 4.79 Å². The smallest absolute Gasteiger partial charge is 0.254 e. The Morgan fingerprint density at radius 3 is 2.33 bits per heavy atom. The minimum atomic E-state index is -0.244. The maximum atomic E-state index is 11.7. The summed E-state index contributed by atoms with van der Waals surface area (Å²) in [6.07, 6.45) is 4.27. The first-order chi connectivity index (χ1) is 8.65. The molecule has 92 valence electrons. The number of carbonyl (C=O) groups is 1. The molecule has 6 heteroatoms. The number of carbonyl (C=O) groups excluding carboxylic acids is 1. The topological polar surface area (TPSA) is 54.9 Å². The average molecular weight is 282 g/mol. The molecule has 0 radical (unpaired) electrons. The first-order valence-electron chi connectivity index (χ1n) is 5.13. The van der Waals surface area contributed by atoms with E-state index in [1.165, 1.54) is 18.7 Å². The molecule has 0 saturated carbocycles. The molecular formula is C12H9Cl2N3O. The third-order valence-electron chi connectivity index (χ3n) is 2.20. The van der Waals surface area contributed by atoms with Gasteiger partial charge in [0.15, 0.2) is 0 Å². The minimum absolute atomic E-state index is 0.244. The Morgan fingerprint density at radius 1 is 1.11 bits per heavy atom. The fourth-order valence-corrected chi connectivity index (χ4v) is 1.98. The van der Waals surface area contributed by atoms with E-state index in [4.69, 9.17) is 23.2 Å². The van der Waals surface area contributed by atoms with Crippen molar-refractivity contribution in [3.8, 4) is 0 Å². The van der Waals surface area contributed by atoms with Crippen LogP contribution >= 0.6 is 23.2 Å². The number of amides is 1. The molecule has 1 heterocycles. The second-order valence-corrected chi connectivity index (χ2v) is 4.46. The third-order valence-corrected chi connectivity index (χ3v) is 2.63. The van der Waals surface area contributed by atoms with Crippen molar-refractivity contribution >= 4 is 29.1 Å². The van der Waals surface area contributed by atoms with E-state index in [1.807, 2.05) is 0 Å². The molecule has 2 aromatic rings. The average Bonchev–Trinajstić information content (AvgIpc) is 2.36. The molecule has 0 aliphatic rings. The zero-order valence-electron chi connectivity index (χ0n) is 9.23. The highest BCUT2D eigenvalue weighted by atomic mass is 35.5. The number of hydrogen-bond donors (Lipinski definition) is 1. The Morgan fingerprint density at radius 2 is 1.72 bits per heavy atom. The van der Waals surface area contributed by atoms with Gasteiger partial charge in [-0.2, -0.15) is 0 Å². The summed E-state index contributed by atoms with van der Waals surface area (Å²) in [7, 11) is 0. The molecule has 0 unspecified atom stereocenters. The lowest BCUT2D eigenvalue weighted by Crippen LogP contribution is -2.23. The molecular weight excluding hydrogens is 273 g/mol. The summed E-state index contributed by atoms with van der Waals surface area (Å²) >= 11 is 11.7. The largest absolute Gasteiger partial charge is 0.348 e. The van der Waals surface area contributed by atoms with Gasteiger partial charge in [0.2, 0.25) is 0 Å². The molecule has 1 N–H and O–H groups in total. The molecule has 4 nitrogen and oxygen atoms in total. The quantitative estimate of drug-likeness (QED) is 0.941. The molecule has 1 aromatic heterocycles. The van der Waals surface area contributed by atoms with E-state index in [0.717, 1.165) is 5.56 Å². The molecule has 2 rings (SSSR count). The summed E-state index contributed by atoms with van der Waals surface area (Å²) in [6, 6.07) is 5.13. The van der Waals surface area contributed by atoms with E-state index >= 15 is 0 Å². The molecule has 1 amide bonds. The van der Waals surface area contributed by atoms with Crippen LogP contribution in [0.3, 0.4) is 0 Å². The molecule has 0 aliphatic heterocycles. The number of rotatable bonds is 3. The molecule has 1 aromatic carbocycles. The van der Waals surface area contributed by atoms with Gasteiger partial charge in [-0.25, -0.2) is 9.97 Å². The Kier molecular flexibility index (Phi) is 4.12. The molecule has 0 bridgehead atoms. The third kappa shape index (κ3) is 3.42. The molecule has 0 saturated heterocycles. The standard InChI is InChI=1S/C12H9Cl2N3O/c13-10-1-8(2-11(14)3-10)4-17-12(18)9-5-15-7-16-6-9/h1-3,5-7H,4H2,(H,17,18). The van der Waals surface area contributed by atoms with Crippen LogP contribution in [-0.2, 0) is 6.54 Å². The van der Waals surface area contributed by atoms with Crippen LogP contribution in [0.1, 0.15) is 15.9 Å². The monoisotopic (exact) mass is 281 g/mol. The van der Waals surface area contributed by atoms with E-state index in [1.54, 1.807) is 18.2 Å². The second-order valence-electron chi connectivity index (χ2n) is 3.59. The van der Waals surface area contributed by atoms with Gasteiger partial charge in [0, 0.05) is 29.0 Å². The van der Waals surface area contributed by atoms with Crippen molar-refractivity contribution in [1.82, 2.24) is 15.3 Å². The molecule has 0 fully saturated rings. The van der Waals surface area contributed by atoms with Gasteiger partial charge in [-0.3, -0.25) is 4.79 Å². The van der Waals surface area contributed by atoms with Gasteiger partial charge in [0.1, 0.15) is 6.33 Å². The highest BCUT2D eigenvalue weighted by Crippen LogP contribution is 2.18. The first-order valence-corrected chi connectivity index (χ1v) is 5.89. The summed E-state index contributed by atoms with van der Waals surface area (Å²) in [5.74, 6) is -0.244. The number of nitrogens with zero attached hydrogens (tertiary/aromatic N) is 2. The van der Waals surface area contributed by atoms with Crippen molar-refractivity contribution in [2.24, 2.45) is 0 Å². The maximum Gasteiger partial charge on any atom is 0.254 e. The number of benzene rings is 1. The zero-order chi connectivity index (χ0) is 13.0. The number of nitrogens with one attached hydrogen (secondary N) is 1. The number of halogens is 2. The predicted molar refractivity (Wildman–Crippen MR) is 69.7 cm³/mol. The minimum Gasteiger partial charge on any atom is -0.348 e. The van der Waals surface area contributed by atoms with Crippen LogP contribution in [0, 0.1) is 0 Å². The Balaban J connectivity index is 2.02. The van der Waals surface area contributed by atoms with Crippen LogP contribution in [0.25, 0.3) is 0 Å². The summed E-state index contributed by atoms with van der Waals surface area (Å²) in [4.78, 5) is 19.3. The van der Waals surface area contributed by atoms with Gasteiger partial charge in [0.05, 0.1) is 5.56 Å². The van der Waals surface area contributed by atoms with Gasteiger partial charge in [-0.05, 0) is 23.8 Å². The Hall–Kier alpha value is -1.65. The van der Waals surface area contributed by atoms with Crippen molar-refractivity contribution in [2.75, 3.05) is 0 Å². The van der Waals surface area contributed by atoms with Crippen molar-refractivity contribution < 1.29 is 4.79 Å². The summed E-state index contributed by atoms with van der Waals surface area (Å²) < 4.78 is 0. The van der Waals surface area contributed by atoms with E-state index < -0.39 is 0 Å². The van der Waals surface area contributed by atoms with E-state index in [0.29, 0.717) is 22.2 Å². The summed E-state index contributed by atoms with van der Waals surface area (Å²) in [6.45, 7) is 0.341. The zero-order valence-corrected chi connectivity index (χ0v) is 10.7. The highest BCUT2D eigenvalue weighted by molar-refractivity contribution is 6.34. The van der Waals surface area contributed by atoms with Crippen molar-refractivity contribution in [1.29, 1.82) is 0 Å². The Bertz CT molecular complexity index is 540. The lowest BCUT2D eigenvalue weighted by Gasteiger charge is -2.05. The molecule has 0 spiro atoms. The second kappa shape index (κ2) is 5.80. The summed E-state index contributed by atoms with van der Waals surface area (Å²) in [5.41, 5.74) is 1.24. The van der Waals surface area contributed by atoms with E-state index in [-0.39, 0.29) is 5.91 Å². The van der Waals surface area contributed by atoms with Gasteiger partial charge in [-0.1, -0.05) is 23.2 Å². The highest BCUT2D eigenvalue weighted by Gasteiger charge is 2.06. The van der Waals surface area contributed by atoms with Crippen LogP contribution in [0.5, 0.6) is 0 Å². The van der Waals surface area contributed by atoms with Crippen LogP contribution < -0.4 is 5.32 Å². The van der Waals surface area contributed by atoms with Crippen molar-refractivity contribution in [3.05, 3.63) is 58.1 Å². The maximum absolute atomic E-state index is 11.7. The Labute approximate surface area is 114 Å². The normalized spacial score (nSPS) is 10.1.